The van der Waals surface area contributed by atoms with Crippen LogP contribution in [0.25, 0.3) is 11.4 Å². The van der Waals surface area contributed by atoms with Crippen molar-refractivity contribution in [2.45, 2.75) is 38.7 Å². The normalized spacial score (nSPS) is 15.0. The van der Waals surface area contributed by atoms with Crippen LogP contribution < -0.4 is 10.6 Å². The molecule has 11 nitrogen and oxygen atoms in total. The highest BCUT2D eigenvalue weighted by Crippen LogP contribution is 2.43. The Hall–Kier alpha value is -3.57. The number of rotatable bonds is 9. The van der Waals surface area contributed by atoms with Crippen molar-refractivity contribution in [1.29, 1.82) is 0 Å². The van der Waals surface area contributed by atoms with Gasteiger partial charge in [0.2, 0.25) is 0 Å². The smallest absolute Gasteiger partial charge is 0.413 e. The van der Waals surface area contributed by atoms with Crippen molar-refractivity contribution in [2.24, 2.45) is 12.5 Å². The van der Waals surface area contributed by atoms with Crippen molar-refractivity contribution < 1.29 is 19.4 Å². The summed E-state index contributed by atoms with van der Waals surface area (Å²) in [4.78, 5) is 33.4. The number of nitrogens with zero attached hydrogens (tertiary/aromatic N) is 5. The highest BCUT2D eigenvalue weighted by Gasteiger charge is 2.35. The summed E-state index contributed by atoms with van der Waals surface area (Å²) in [6.45, 7) is 2.33. The van der Waals surface area contributed by atoms with E-state index in [2.05, 4.69) is 30.9 Å². The number of aromatic nitrogens is 5. The fourth-order valence-electron chi connectivity index (χ4n) is 4.10. The molecule has 0 aliphatic heterocycles. The van der Waals surface area contributed by atoms with Crippen molar-refractivity contribution in [3.63, 3.8) is 0 Å². The fourth-order valence-corrected chi connectivity index (χ4v) is 4.37. The lowest BCUT2D eigenvalue weighted by Gasteiger charge is -2.40. The van der Waals surface area contributed by atoms with Gasteiger partial charge >= 0.3 is 6.09 Å². The number of pyridine rings is 2. The average Bonchev–Trinajstić information content (AvgIpc) is 3.20. The second-order valence-corrected chi connectivity index (χ2v) is 9.27. The first kappa shape index (κ1) is 25.5. The Labute approximate surface area is 213 Å². The Morgan fingerprint density at radius 1 is 1.28 bits per heavy atom. The standard InChI is InChI=1S/C24H28ClN7O4/c1-15(17-5-3-11-26-20(17)25)36-23(35)29-21-19(30-31-32(21)2)18-7-6-16(13-28-18)22(34)27-12-10-24(14-33)8-4-9-24/h3,5-7,11,13,15,33H,4,8-10,12,14H2,1-2H3,(H,27,34)(H,29,35)/t15-/m1/s1. The third-order valence-electron chi connectivity index (χ3n) is 6.52. The molecule has 3 aromatic rings. The number of anilines is 1. The number of carbonyl (C=O) groups is 2. The number of hydrogen-bond acceptors (Lipinski definition) is 8. The van der Waals surface area contributed by atoms with Gasteiger partial charge in [-0.1, -0.05) is 29.3 Å². The molecule has 3 heterocycles. The van der Waals surface area contributed by atoms with Gasteiger partial charge in [0.1, 0.15) is 11.3 Å². The summed E-state index contributed by atoms with van der Waals surface area (Å²) in [5.41, 5.74) is 1.67. The molecule has 0 saturated heterocycles. The minimum absolute atomic E-state index is 0.0477. The van der Waals surface area contributed by atoms with E-state index >= 15 is 0 Å². The fraction of sp³-hybridized carbons (Fsp3) is 0.417. The number of ether oxygens (including phenoxy) is 1. The molecule has 2 amide bonds. The maximum Gasteiger partial charge on any atom is 0.413 e. The number of aryl methyl sites for hydroxylation is 1. The average molecular weight is 514 g/mol. The Balaban J connectivity index is 1.38. The predicted octanol–water partition coefficient (Wildman–Crippen LogP) is 3.52. The maximum atomic E-state index is 12.5. The number of hydrogen-bond donors (Lipinski definition) is 3. The molecule has 0 aromatic carbocycles. The number of nitrogens with one attached hydrogen (secondary N) is 2. The van der Waals surface area contributed by atoms with Gasteiger partial charge in [0.05, 0.1) is 11.3 Å². The molecule has 1 aliphatic rings. The molecule has 1 atom stereocenters. The largest absolute Gasteiger partial charge is 0.441 e. The van der Waals surface area contributed by atoms with Crippen LogP contribution in [0.3, 0.4) is 0 Å². The van der Waals surface area contributed by atoms with Gasteiger partial charge in [0, 0.05) is 38.2 Å². The van der Waals surface area contributed by atoms with Gasteiger partial charge < -0.3 is 15.2 Å². The van der Waals surface area contributed by atoms with Gasteiger partial charge in [-0.15, -0.1) is 5.10 Å². The lowest BCUT2D eigenvalue weighted by Crippen LogP contribution is -2.37. The van der Waals surface area contributed by atoms with Gasteiger partial charge in [-0.25, -0.2) is 14.5 Å². The molecule has 190 valence electrons. The van der Waals surface area contributed by atoms with E-state index in [1.54, 1.807) is 44.4 Å². The lowest BCUT2D eigenvalue weighted by molar-refractivity contribution is 0.0361. The van der Waals surface area contributed by atoms with Gasteiger partial charge in [-0.05, 0) is 49.8 Å². The Morgan fingerprint density at radius 3 is 2.72 bits per heavy atom. The summed E-state index contributed by atoms with van der Waals surface area (Å²) in [5.74, 6) is 0.0366. The van der Waals surface area contributed by atoms with Crippen LogP contribution in [0.4, 0.5) is 10.6 Å². The van der Waals surface area contributed by atoms with E-state index in [1.807, 2.05) is 0 Å². The molecule has 4 rings (SSSR count). The first-order valence-corrected chi connectivity index (χ1v) is 12.0. The first-order valence-electron chi connectivity index (χ1n) is 11.6. The van der Waals surface area contributed by atoms with Crippen LogP contribution in [0.15, 0.2) is 36.7 Å². The molecular weight excluding hydrogens is 486 g/mol. The van der Waals surface area contributed by atoms with E-state index in [4.69, 9.17) is 16.3 Å². The Bertz CT molecular complexity index is 1220. The van der Waals surface area contributed by atoms with Crippen LogP contribution in [0.2, 0.25) is 5.15 Å². The number of carbonyl (C=O) groups excluding carboxylic acids is 2. The molecule has 0 bridgehead atoms. The molecule has 36 heavy (non-hydrogen) atoms. The molecule has 3 aromatic heterocycles. The minimum atomic E-state index is -0.725. The predicted molar refractivity (Wildman–Crippen MR) is 132 cm³/mol. The molecule has 1 saturated carbocycles. The van der Waals surface area contributed by atoms with Crippen LogP contribution in [0.1, 0.15) is 54.6 Å². The molecule has 1 aliphatic carbocycles. The van der Waals surface area contributed by atoms with E-state index in [0.717, 1.165) is 25.7 Å². The Kier molecular flexibility index (Phi) is 7.80. The van der Waals surface area contributed by atoms with Crippen molar-refractivity contribution in [2.75, 3.05) is 18.5 Å². The SMILES string of the molecule is C[C@@H](OC(=O)Nc1c(-c2ccc(C(=O)NCCC3(CO)CCC3)cn2)nnn1C)c1cccnc1Cl. The zero-order chi connectivity index (χ0) is 25.7. The highest BCUT2D eigenvalue weighted by molar-refractivity contribution is 6.30. The van der Waals surface area contributed by atoms with Crippen molar-refractivity contribution in [3.05, 3.63) is 52.9 Å². The van der Waals surface area contributed by atoms with Crippen LogP contribution in [0, 0.1) is 5.41 Å². The Morgan fingerprint density at radius 2 is 2.08 bits per heavy atom. The van der Waals surface area contributed by atoms with Gasteiger partial charge in [-0.3, -0.25) is 15.1 Å². The number of aliphatic hydroxyl groups is 1. The van der Waals surface area contributed by atoms with E-state index in [-0.39, 0.29) is 28.9 Å². The third kappa shape index (κ3) is 5.63. The quantitative estimate of drug-likeness (QED) is 0.368. The van der Waals surface area contributed by atoms with E-state index in [0.29, 0.717) is 29.1 Å². The van der Waals surface area contributed by atoms with Gasteiger partial charge in [0.25, 0.3) is 5.91 Å². The highest BCUT2D eigenvalue weighted by atomic mass is 35.5. The monoisotopic (exact) mass is 513 g/mol. The van der Waals surface area contributed by atoms with E-state index < -0.39 is 12.2 Å². The van der Waals surface area contributed by atoms with Crippen molar-refractivity contribution in [3.8, 4) is 11.4 Å². The van der Waals surface area contributed by atoms with Crippen molar-refractivity contribution in [1.82, 2.24) is 30.3 Å². The number of amides is 2. The second-order valence-electron chi connectivity index (χ2n) is 8.92. The molecule has 0 unspecified atom stereocenters. The van der Waals surface area contributed by atoms with Crippen molar-refractivity contribution >= 4 is 29.4 Å². The zero-order valence-corrected chi connectivity index (χ0v) is 20.8. The molecular formula is C24H28ClN7O4. The van der Waals surface area contributed by atoms with E-state index in [1.165, 1.54) is 10.9 Å². The summed E-state index contributed by atoms with van der Waals surface area (Å²) in [5, 5.41) is 23.4. The van der Waals surface area contributed by atoms with Crippen LogP contribution >= 0.6 is 11.6 Å². The van der Waals surface area contributed by atoms with Crippen LogP contribution in [-0.4, -0.2) is 55.2 Å². The molecule has 0 radical (unpaired) electrons. The summed E-state index contributed by atoms with van der Waals surface area (Å²) >= 11 is 6.08. The summed E-state index contributed by atoms with van der Waals surface area (Å²) in [6, 6.07) is 6.70. The molecule has 1 fully saturated rings. The molecule has 3 N–H and O–H groups in total. The van der Waals surface area contributed by atoms with Gasteiger partial charge in [-0.2, -0.15) is 0 Å². The zero-order valence-electron chi connectivity index (χ0n) is 20.1. The summed E-state index contributed by atoms with van der Waals surface area (Å²) in [6.07, 6.45) is 5.49. The number of aliphatic hydroxyl groups excluding tert-OH is 1. The van der Waals surface area contributed by atoms with E-state index in [9.17, 15) is 14.7 Å². The van der Waals surface area contributed by atoms with Crippen LogP contribution in [-0.2, 0) is 11.8 Å². The van der Waals surface area contributed by atoms with Crippen LogP contribution in [0.5, 0.6) is 0 Å². The topological polar surface area (TPSA) is 144 Å². The lowest BCUT2D eigenvalue weighted by atomic mass is 9.67. The molecule has 12 heteroatoms. The second kappa shape index (κ2) is 11.0. The molecule has 0 spiro atoms. The third-order valence-corrected chi connectivity index (χ3v) is 6.83. The minimum Gasteiger partial charge on any atom is -0.441 e. The maximum absolute atomic E-state index is 12.5. The summed E-state index contributed by atoms with van der Waals surface area (Å²) < 4.78 is 6.82. The van der Waals surface area contributed by atoms with Gasteiger partial charge in [0.15, 0.2) is 11.5 Å². The first-order chi connectivity index (χ1) is 17.3. The summed E-state index contributed by atoms with van der Waals surface area (Å²) in [7, 11) is 1.62. The number of halogens is 1.